The van der Waals surface area contributed by atoms with Crippen molar-refractivity contribution in [1.29, 1.82) is 0 Å². The van der Waals surface area contributed by atoms with Gasteiger partial charge in [-0.15, -0.1) is 0 Å². The smallest absolute Gasteiger partial charge is 0.329 e. The van der Waals surface area contributed by atoms with Crippen molar-refractivity contribution in [2.45, 2.75) is 13.8 Å². The fourth-order valence-electron chi connectivity index (χ4n) is 3.33. The van der Waals surface area contributed by atoms with Crippen LogP contribution < -0.4 is 20.2 Å². The van der Waals surface area contributed by atoms with Crippen molar-refractivity contribution in [3.63, 3.8) is 0 Å². The molecule has 3 rings (SSSR count). The Morgan fingerprint density at radius 1 is 1.06 bits per heavy atom. The van der Waals surface area contributed by atoms with Crippen molar-refractivity contribution >= 4 is 29.6 Å². The number of aryl methyl sites for hydroxylation is 2. The van der Waals surface area contributed by atoms with Gasteiger partial charge in [-0.3, -0.25) is 14.4 Å². The summed E-state index contributed by atoms with van der Waals surface area (Å²) in [5.74, 6) is -1.04. The van der Waals surface area contributed by atoms with Crippen LogP contribution in [0.1, 0.15) is 16.7 Å². The lowest BCUT2D eigenvalue weighted by atomic mass is 10.1. The quantitative estimate of drug-likeness (QED) is 0.362. The molecule has 0 unspecified atom stereocenters. The third-order valence-electron chi connectivity index (χ3n) is 5.21. The summed E-state index contributed by atoms with van der Waals surface area (Å²) < 4.78 is 16.2. The zero-order valence-corrected chi connectivity index (χ0v) is 19.4. The fourth-order valence-corrected chi connectivity index (χ4v) is 3.33. The van der Waals surface area contributed by atoms with Crippen molar-refractivity contribution in [2.24, 2.45) is 5.10 Å². The third-order valence-corrected chi connectivity index (χ3v) is 5.21. The van der Waals surface area contributed by atoms with Gasteiger partial charge in [0.15, 0.2) is 18.1 Å². The monoisotopic (exact) mass is 468 g/mol. The Balaban J connectivity index is 1.54. The number of benzene rings is 2. The van der Waals surface area contributed by atoms with Crippen LogP contribution in [0.3, 0.4) is 0 Å². The molecule has 1 heterocycles. The Kier molecular flexibility index (Phi) is 8.58. The average molecular weight is 469 g/mol. The summed E-state index contributed by atoms with van der Waals surface area (Å²) in [6, 6.07) is 10.5. The summed E-state index contributed by atoms with van der Waals surface area (Å²) in [6.07, 6.45) is 1.37. The first-order chi connectivity index (χ1) is 16.4. The van der Waals surface area contributed by atoms with Crippen LogP contribution in [0.4, 0.5) is 5.69 Å². The summed E-state index contributed by atoms with van der Waals surface area (Å²) in [4.78, 5) is 38.2. The van der Waals surface area contributed by atoms with Crippen molar-refractivity contribution in [3.05, 3.63) is 53.1 Å². The molecule has 0 bridgehead atoms. The van der Waals surface area contributed by atoms with Crippen molar-refractivity contribution in [3.8, 4) is 11.5 Å². The number of methoxy groups -OCH3 is 1. The number of carbonyl (C=O) groups excluding carboxylic acids is 3. The van der Waals surface area contributed by atoms with Gasteiger partial charge in [0.2, 0.25) is 0 Å². The predicted molar refractivity (Wildman–Crippen MR) is 126 cm³/mol. The lowest BCUT2D eigenvalue weighted by Gasteiger charge is -2.26. The van der Waals surface area contributed by atoms with E-state index in [0.717, 1.165) is 11.1 Å². The molecular formula is C24H28N4O6. The summed E-state index contributed by atoms with van der Waals surface area (Å²) in [6.45, 7) is 5.71. The Hall–Kier alpha value is -3.92. The Morgan fingerprint density at radius 2 is 1.76 bits per heavy atom. The lowest BCUT2D eigenvalue weighted by molar-refractivity contribution is -0.137. The van der Waals surface area contributed by atoms with E-state index in [9.17, 15) is 14.4 Å². The number of nitrogens with zero attached hydrogens (tertiary/aromatic N) is 2. The van der Waals surface area contributed by atoms with E-state index in [2.05, 4.69) is 15.8 Å². The van der Waals surface area contributed by atoms with E-state index in [0.29, 0.717) is 49.1 Å². The molecule has 0 atom stereocenters. The molecule has 34 heavy (non-hydrogen) atoms. The highest BCUT2D eigenvalue weighted by atomic mass is 16.5. The molecule has 1 aliphatic rings. The normalized spacial score (nSPS) is 13.4. The molecule has 0 aromatic heterocycles. The second-order valence-electron chi connectivity index (χ2n) is 7.61. The Bertz CT molecular complexity index is 1060. The minimum absolute atomic E-state index is 0.116. The molecule has 180 valence electrons. The zero-order chi connectivity index (χ0) is 24.5. The van der Waals surface area contributed by atoms with E-state index in [1.54, 1.807) is 23.1 Å². The van der Waals surface area contributed by atoms with Crippen LogP contribution in [0.25, 0.3) is 0 Å². The third kappa shape index (κ3) is 6.55. The van der Waals surface area contributed by atoms with E-state index < -0.39 is 11.8 Å². The van der Waals surface area contributed by atoms with Crippen LogP contribution in [-0.4, -0.2) is 68.9 Å². The summed E-state index contributed by atoms with van der Waals surface area (Å²) in [5.41, 5.74) is 5.10. The standard InChI is InChI=1S/C24H28N4O6/c1-16-5-4-6-17(2)22(16)26-23(30)24(31)27-25-14-18-7-8-19(20(13-18)32-3)34-15-21(29)28-9-11-33-12-10-28/h4-8,13-14H,9-12,15H2,1-3H3,(H,26,30)(H,27,31)/b25-14-. The van der Waals surface area contributed by atoms with E-state index in [-0.39, 0.29) is 12.5 Å². The number of morpholine rings is 1. The summed E-state index contributed by atoms with van der Waals surface area (Å²) >= 11 is 0. The fraction of sp³-hybridized carbons (Fsp3) is 0.333. The van der Waals surface area contributed by atoms with E-state index in [1.165, 1.54) is 13.3 Å². The van der Waals surface area contributed by atoms with E-state index in [1.807, 2.05) is 32.0 Å². The van der Waals surface area contributed by atoms with Crippen LogP contribution in [0.5, 0.6) is 11.5 Å². The molecule has 10 heteroatoms. The first kappa shape index (κ1) is 24.7. The topological polar surface area (TPSA) is 119 Å². The second-order valence-corrected chi connectivity index (χ2v) is 7.61. The molecule has 2 N–H and O–H groups in total. The highest BCUT2D eigenvalue weighted by molar-refractivity contribution is 6.39. The predicted octanol–water partition coefficient (Wildman–Crippen LogP) is 1.64. The van der Waals surface area contributed by atoms with Gasteiger partial charge in [0.25, 0.3) is 5.91 Å². The highest BCUT2D eigenvalue weighted by Crippen LogP contribution is 2.27. The number of rotatable bonds is 7. The lowest BCUT2D eigenvalue weighted by Crippen LogP contribution is -2.43. The van der Waals surface area contributed by atoms with Gasteiger partial charge >= 0.3 is 11.8 Å². The minimum Gasteiger partial charge on any atom is -0.493 e. The number of nitrogens with one attached hydrogen (secondary N) is 2. The van der Waals surface area contributed by atoms with Gasteiger partial charge in [0.05, 0.1) is 26.5 Å². The summed E-state index contributed by atoms with van der Waals surface area (Å²) in [5, 5.41) is 6.44. The average Bonchev–Trinajstić information content (AvgIpc) is 2.85. The van der Waals surface area contributed by atoms with Crippen LogP contribution in [0.15, 0.2) is 41.5 Å². The largest absolute Gasteiger partial charge is 0.493 e. The molecule has 3 amide bonds. The number of para-hydroxylation sites is 1. The Labute approximate surface area is 197 Å². The zero-order valence-electron chi connectivity index (χ0n) is 19.4. The van der Waals surface area contributed by atoms with Gasteiger partial charge in [-0.2, -0.15) is 5.10 Å². The first-order valence-corrected chi connectivity index (χ1v) is 10.8. The number of ether oxygens (including phenoxy) is 3. The Morgan fingerprint density at radius 3 is 2.44 bits per heavy atom. The van der Waals surface area contributed by atoms with Crippen LogP contribution in [0, 0.1) is 13.8 Å². The van der Waals surface area contributed by atoms with Gasteiger partial charge in [0.1, 0.15) is 0 Å². The highest BCUT2D eigenvalue weighted by Gasteiger charge is 2.18. The van der Waals surface area contributed by atoms with Gasteiger partial charge in [-0.25, -0.2) is 5.43 Å². The van der Waals surface area contributed by atoms with Crippen molar-refractivity contribution in [1.82, 2.24) is 10.3 Å². The number of hydrogen-bond acceptors (Lipinski definition) is 7. The molecule has 1 saturated heterocycles. The maximum absolute atomic E-state index is 12.3. The maximum atomic E-state index is 12.3. The molecule has 0 spiro atoms. The van der Waals surface area contributed by atoms with Crippen molar-refractivity contribution < 1.29 is 28.6 Å². The van der Waals surface area contributed by atoms with Crippen LogP contribution >= 0.6 is 0 Å². The molecule has 2 aromatic rings. The maximum Gasteiger partial charge on any atom is 0.329 e. The van der Waals surface area contributed by atoms with Crippen LogP contribution in [0.2, 0.25) is 0 Å². The minimum atomic E-state index is -0.896. The molecule has 0 radical (unpaired) electrons. The molecule has 10 nitrogen and oxygen atoms in total. The number of carbonyl (C=O) groups is 3. The molecule has 2 aromatic carbocycles. The second kappa shape index (κ2) is 11.8. The summed E-state index contributed by atoms with van der Waals surface area (Å²) in [7, 11) is 1.48. The molecule has 1 aliphatic heterocycles. The molecule has 1 fully saturated rings. The number of hydrogen-bond donors (Lipinski definition) is 2. The number of anilines is 1. The first-order valence-electron chi connectivity index (χ1n) is 10.8. The molecule has 0 saturated carbocycles. The SMILES string of the molecule is COc1cc(/C=N\NC(=O)C(=O)Nc2c(C)cccc2C)ccc1OCC(=O)N1CCOCC1. The molecule has 0 aliphatic carbocycles. The van der Waals surface area contributed by atoms with Crippen molar-refractivity contribution in [2.75, 3.05) is 45.3 Å². The van der Waals surface area contributed by atoms with Gasteiger partial charge in [-0.05, 0) is 48.7 Å². The van der Waals surface area contributed by atoms with Gasteiger partial charge < -0.3 is 24.4 Å². The number of amides is 3. The molecular weight excluding hydrogens is 440 g/mol. The van der Waals surface area contributed by atoms with E-state index >= 15 is 0 Å². The van der Waals surface area contributed by atoms with Gasteiger partial charge in [0, 0.05) is 18.8 Å². The number of hydrazone groups is 1. The van der Waals surface area contributed by atoms with Crippen LogP contribution in [-0.2, 0) is 19.1 Å². The van der Waals surface area contributed by atoms with Gasteiger partial charge in [-0.1, -0.05) is 18.2 Å². The van der Waals surface area contributed by atoms with E-state index in [4.69, 9.17) is 14.2 Å².